The van der Waals surface area contributed by atoms with Gasteiger partial charge in [0.25, 0.3) is 0 Å². The van der Waals surface area contributed by atoms with Gasteiger partial charge in [0.05, 0.1) is 0 Å². The number of benzene rings is 9. The summed E-state index contributed by atoms with van der Waals surface area (Å²) in [5, 5.41) is 15.9. The van der Waals surface area contributed by atoms with Gasteiger partial charge in [-0.2, -0.15) is 0 Å². The average molecular weight is 623 g/mol. The molecule has 9 aromatic carbocycles. The zero-order valence-electron chi connectivity index (χ0n) is 26.2. The molecule has 0 unspecified atom stereocenters. The molecule has 0 aliphatic rings. The number of hydrogen-bond donors (Lipinski definition) is 0. The number of fused-ring (bicyclic) bond motifs is 6. The van der Waals surface area contributed by atoms with Crippen LogP contribution >= 0.6 is 0 Å². The van der Waals surface area contributed by atoms with Crippen molar-refractivity contribution in [3.8, 4) is 0 Å². The first-order chi connectivity index (χ1) is 22.6. The molecule has 0 heterocycles. The maximum atomic E-state index is 2.50. The first kappa shape index (κ1) is 27.6. The van der Waals surface area contributed by atoms with Crippen LogP contribution < -0.4 is 11.6 Å². The van der Waals surface area contributed by atoms with Crippen LogP contribution in [0.25, 0.3) is 64.6 Å². The van der Waals surface area contributed by atoms with E-state index in [1.54, 1.807) is 11.6 Å². The molecule has 218 valence electrons. The van der Waals surface area contributed by atoms with Gasteiger partial charge in [-0.1, -0.05) is 0 Å². The van der Waals surface area contributed by atoms with Crippen molar-refractivity contribution in [3.63, 3.8) is 0 Å². The molecule has 9 aromatic rings. The predicted molar refractivity (Wildman–Crippen MR) is 198 cm³/mol. The van der Waals surface area contributed by atoms with Crippen molar-refractivity contribution in [1.82, 2.24) is 0 Å². The molecule has 0 bridgehead atoms. The fourth-order valence-corrected chi connectivity index (χ4v) is 17.3. The molecule has 0 fully saturated rings. The molecule has 1 heteroatoms. The van der Waals surface area contributed by atoms with Crippen LogP contribution in [0, 0.1) is 0 Å². The van der Waals surface area contributed by atoms with Gasteiger partial charge in [-0.15, -0.1) is 0 Å². The van der Waals surface area contributed by atoms with Crippen molar-refractivity contribution in [1.29, 1.82) is 0 Å². The summed E-state index contributed by atoms with van der Waals surface area (Å²) in [5.41, 5.74) is 0. The fourth-order valence-electron chi connectivity index (χ4n) is 8.30. The molecular formula is C45H34Ti. The summed E-state index contributed by atoms with van der Waals surface area (Å²) in [7, 11) is 0. The van der Waals surface area contributed by atoms with Gasteiger partial charge in [-0.3, -0.25) is 0 Å². The summed E-state index contributed by atoms with van der Waals surface area (Å²) < 4.78 is 5.05. The van der Waals surface area contributed by atoms with Gasteiger partial charge in [0.1, 0.15) is 0 Å². The van der Waals surface area contributed by atoms with Crippen molar-refractivity contribution >= 4 is 76.2 Å². The molecule has 0 N–H and O–H groups in total. The Bertz CT molecular complexity index is 2340. The second-order valence-corrected chi connectivity index (χ2v) is 20.0. The predicted octanol–water partition coefficient (Wildman–Crippen LogP) is 10.9. The summed E-state index contributed by atoms with van der Waals surface area (Å²) in [4.78, 5) is 0. The van der Waals surface area contributed by atoms with Gasteiger partial charge in [-0.25, -0.2) is 0 Å². The molecule has 0 radical (unpaired) electrons. The van der Waals surface area contributed by atoms with Crippen LogP contribution in [0.5, 0.6) is 0 Å². The fraction of sp³-hybridized carbons (Fsp3) is 0.0667. The third-order valence-electron chi connectivity index (χ3n) is 10.4. The molecule has 0 aliphatic heterocycles. The van der Waals surface area contributed by atoms with Gasteiger partial charge in [0.15, 0.2) is 0 Å². The van der Waals surface area contributed by atoms with Crippen LogP contribution in [0.1, 0.15) is 13.8 Å². The van der Waals surface area contributed by atoms with E-state index >= 15 is 0 Å². The Morgan fingerprint density at radius 2 is 0.565 bits per heavy atom. The second kappa shape index (κ2) is 10.7. The van der Waals surface area contributed by atoms with Gasteiger partial charge >= 0.3 is 275 Å². The van der Waals surface area contributed by atoms with Crippen molar-refractivity contribution in [2.24, 2.45) is 0 Å². The minimum atomic E-state index is -3.56. The van der Waals surface area contributed by atoms with Crippen molar-refractivity contribution in [3.05, 3.63) is 164 Å². The first-order valence-corrected chi connectivity index (χ1v) is 19.6. The Morgan fingerprint density at radius 1 is 0.304 bits per heavy atom. The molecule has 9 rings (SSSR count). The van der Waals surface area contributed by atoms with Crippen LogP contribution in [0.2, 0.25) is 4.22 Å². The molecule has 0 nitrogen and oxygen atoms in total. The van der Waals surface area contributed by atoms with E-state index in [1.165, 1.54) is 64.6 Å². The van der Waals surface area contributed by atoms with Crippen molar-refractivity contribution in [2.75, 3.05) is 0 Å². The van der Waals surface area contributed by atoms with E-state index in [-0.39, 0.29) is 0 Å². The van der Waals surface area contributed by atoms with Gasteiger partial charge in [-0.05, 0) is 0 Å². The zero-order valence-corrected chi connectivity index (χ0v) is 27.7. The number of rotatable bonds is 4. The third kappa shape index (κ3) is 4.11. The number of hydrogen-bond acceptors (Lipinski definition) is 0. The zero-order chi connectivity index (χ0) is 30.8. The summed E-state index contributed by atoms with van der Waals surface area (Å²) in [6.45, 7) is 5.00. The summed E-state index contributed by atoms with van der Waals surface area (Å²) in [6, 6.07) is 62.4. The molecule has 0 aliphatic carbocycles. The second-order valence-electron chi connectivity index (χ2n) is 13.1. The van der Waals surface area contributed by atoms with Crippen molar-refractivity contribution < 1.29 is 16.6 Å². The van der Waals surface area contributed by atoms with E-state index in [9.17, 15) is 0 Å². The van der Waals surface area contributed by atoms with Gasteiger partial charge in [0.2, 0.25) is 0 Å². The molecule has 0 aromatic heterocycles. The minimum absolute atomic E-state index is 0.422. The van der Waals surface area contributed by atoms with E-state index in [1.807, 2.05) is 0 Å². The van der Waals surface area contributed by atoms with E-state index in [0.29, 0.717) is 4.22 Å². The van der Waals surface area contributed by atoms with Crippen LogP contribution in [0.4, 0.5) is 0 Å². The summed E-state index contributed by atoms with van der Waals surface area (Å²) in [5.74, 6) is 0. The Balaban J connectivity index is 1.50. The molecule has 0 amide bonds. The van der Waals surface area contributed by atoms with E-state index in [0.717, 1.165) is 0 Å². The molecule has 0 spiro atoms. The van der Waals surface area contributed by atoms with Crippen LogP contribution in [0.3, 0.4) is 0 Å². The first-order valence-electron chi connectivity index (χ1n) is 16.4. The van der Waals surface area contributed by atoms with E-state index < -0.39 is 16.6 Å². The topological polar surface area (TPSA) is 0 Å². The van der Waals surface area contributed by atoms with E-state index in [2.05, 4.69) is 178 Å². The summed E-state index contributed by atoms with van der Waals surface area (Å²) >= 11 is -3.56. The van der Waals surface area contributed by atoms with Gasteiger partial charge < -0.3 is 0 Å². The van der Waals surface area contributed by atoms with Gasteiger partial charge in [0, 0.05) is 0 Å². The molecular weight excluding hydrogens is 588 g/mol. The quantitative estimate of drug-likeness (QED) is 0.135. The van der Waals surface area contributed by atoms with Crippen molar-refractivity contribution in [2.45, 2.75) is 18.1 Å². The Labute approximate surface area is 273 Å². The van der Waals surface area contributed by atoms with Crippen LogP contribution in [0.15, 0.2) is 164 Å². The standard InChI is InChI=1S/3C14H9.C3H7.Ti/c3*1-2-6-12-10-14-8-4-3-7-13(14)9-11(12)5-1;1-3-2;/h3*1-7,9-10H;3H,1-2H3;. The summed E-state index contributed by atoms with van der Waals surface area (Å²) in [6.07, 6.45) is 0. The maximum absolute atomic E-state index is 3.56. The molecule has 46 heavy (non-hydrogen) atoms. The third-order valence-corrected chi connectivity index (χ3v) is 19.1. The Morgan fingerprint density at radius 3 is 0.848 bits per heavy atom. The van der Waals surface area contributed by atoms with Crippen LogP contribution in [-0.2, 0) is 16.6 Å². The van der Waals surface area contributed by atoms with Crippen LogP contribution in [-0.4, -0.2) is 0 Å². The average Bonchev–Trinajstić information content (AvgIpc) is 3.09. The SMILES string of the molecule is C[CH](C)[Ti]([c]1cccc2cc3ccccc3cc12)([c]1cccc2cc3ccccc3cc12)[c]1cccc2cc3ccccc3cc12. The monoisotopic (exact) mass is 622 g/mol. The Kier molecular flexibility index (Phi) is 6.39. The molecule has 0 saturated carbocycles. The van der Waals surface area contributed by atoms with E-state index in [4.69, 9.17) is 0 Å². The normalized spacial score (nSPS) is 12.3. The molecule has 0 atom stereocenters. The Hall–Kier alpha value is -4.75. The molecule has 0 saturated heterocycles.